The third-order valence-corrected chi connectivity index (χ3v) is 4.36. The maximum absolute atomic E-state index is 13.8. The average molecular weight is 271 g/mol. The number of nitrogens with zero attached hydrogens (tertiary/aromatic N) is 1. The van der Waals surface area contributed by atoms with E-state index in [1.54, 1.807) is 12.3 Å². The third kappa shape index (κ3) is 2.46. The SMILES string of the molecule is OC1(c2ccncc2F)CCC(c2ccccc2)CC1. The van der Waals surface area contributed by atoms with Gasteiger partial charge in [0, 0.05) is 11.8 Å². The maximum atomic E-state index is 13.8. The Morgan fingerprint density at radius 1 is 1.10 bits per heavy atom. The van der Waals surface area contributed by atoms with Gasteiger partial charge in [-0.25, -0.2) is 4.39 Å². The van der Waals surface area contributed by atoms with Crippen LogP contribution in [-0.2, 0) is 5.60 Å². The lowest BCUT2D eigenvalue weighted by Gasteiger charge is -2.36. The molecule has 1 N–H and O–H groups in total. The van der Waals surface area contributed by atoms with Crippen LogP contribution in [0.4, 0.5) is 4.39 Å². The molecular formula is C17H18FNO. The minimum absolute atomic E-state index is 0.388. The number of benzene rings is 1. The zero-order chi connectivity index (χ0) is 14.0. The summed E-state index contributed by atoms with van der Waals surface area (Å²) < 4.78 is 13.8. The van der Waals surface area contributed by atoms with Crippen molar-refractivity contribution in [2.75, 3.05) is 0 Å². The Kier molecular flexibility index (Phi) is 3.53. The second-order valence-corrected chi connectivity index (χ2v) is 5.57. The number of halogens is 1. The number of hydrogen-bond acceptors (Lipinski definition) is 2. The second-order valence-electron chi connectivity index (χ2n) is 5.57. The van der Waals surface area contributed by atoms with E-state index in [0.29, 0.717) is 24.3 Å². The lowest BCUT2D eigenvalue weighted by atomic mass is 9.73. The standard InChI is InChI=1S/C17H18FNO/c18-16-12-19-11-8-15(16)17(20)9-6-14(7-10-17)13-4-2-1-3-5-13/h1-5,8,11-12,14,20H,6-7,9-10H2. The van der Waals surface area contributed by atoms with E-state index in [9.17, 15) is 9.50 Å². The topological polar surface area (TPSA) is 33.1 Å². The van der Waals surface area contributed by atoms with Crippen LogP contribution in [0.2, 0.25) is 0 Å². The lowest BCUT2D eigenvalue weighted by Crippen LogP contribution is -2.32. The minimum Gasteiger partial charge on any atom is -0.385 e. The van der Waals surface area contributed by atoms with Gasteiger partial charge >= 0.3 is 0 Å². The van der Waals surface area contributed by atoms with Crippen molar-refractivity contribution in [2.45, 2.75) is 37.2 Å². The van der Waals surface area contributed by atoms with Gasteiger partial charge in [-0.2, -0.15) is 0 Å². The number of hydrogen-bond donors (Lipinski definition) is 1. The minimum atomic E-state index is -1.04. The molecule has 1 saturated carbocycles. The van der Waals surface area contributed by atoms with Crippen LogP contribution in [0.25, 0.3) is 0 Å². The van der Waals surface area contributed by atoms with Gasteiger partial charge in [0.15, 0.2) is 0 Å². The Hall–Kier alpha value is -1.74. The normalized spacial score (nSPS) is 26.4. The number of rotatable bonds is 2. The van der Waals surface area contributed by atoms with Gasteiger partial charge in [0.05, 0.1) is 11.8 Å². The molecule has 0 saturated heterocycles. The molecule has 0 radical (unpaired) electrons. The fraction of sp³-hybridized carbons (Fsp3) is 0.353. The van der Waals surface area contributed by atoms with Crippen LogP contribution in [0.5, 0.6) is 0 Å². The average Bonchev–Trinajstić information content (AvgIpc) is 2.49. The molecule has 104 valence electrons. The molecule has 0 spiro atoms. The highest BCUT2D eigenvalue weighted by Crippen LogP contribution is 2.43. The smallest absolute Gasteiger partial charge is 0.147 e. The first-order valence-corrected chi connectivity index (χ1v) is 7.06. The largest absolute Gasteiger partial charge is 0.385 e. The second kappa shape index (κ2) is 5.33. The van der Waals surface area contributed by atoms with Crippen molar-refractivity contribution in [3.63, 3.8) is 0 Å². The van der Waals surface area contributed by atoms with Crippen LogP contribution in [0.1, 0.15) is 42.7 Å². The van der Waals surface area contributed by atoms with Gasteiger partial charge in [0.1, 0.15) is 5.82 Å². The van der Waals surface area contributed by atoms with E-state index in [4.69, 9.17) is 0 Å². The molecule has 1 heterocycles. The van der Waals surface area contributed by atoms with E-state index in [1.165, 1.54) is 11.8 Å². The zero-order valence-electron chi connectivity index (χ0n) is 11.3. The van der Waals surface area contributed by atoms with Gasteiger partial charge in [0.2, 0.25) is 0 Å². The van der Waals surface area contributed by atoms with Crippen molar-refractivity contribution in [3.05, 3.63) is 65.7 Å². The molecule has 3 rings (SSSR count). The molecule has 0 bridgehead atoms. The van der Waals surface area contributed by atoms with Crippen molar-refractivity contribution >= 4 is 0 Å². The Labute approximate surface area is 118 Å². The summed E-state index contributed by atoms with van der Waals surface area (Å²) in [5.41, 5.74) is 0.655. The number of pyridine rings is 1. The molecular weight excluding hydrogens is 253 g/mol. The Bertz CT molecular complexity index is 577. The van der Waals surface area contributed by atoms with E-state index in [2.05, 4.69) is 17.1 Å². The molecule has 2 aromatic rings. The third-order valence-electron chi connectivity index (χ3n) is 4.36. The molecule has 1 aliphatic rings. The van der Waals surface area contributed by atoms with Crippen molar-refractivity contribution < 1.29 is 9.50 Å². The van der Waals surface area contributed by atoms with Gasteiger partial charge in [0.25, 0.3) is 0 Å². The van der Waals surface area contributed by atoms with Crippen molar-refractivity contribution in [1.82, 2.24) is 4.98 Å². The highest BCUT2D eigenvalue weighted by atomic mass is 19.1. The first kappa shape index (κ1) is 13.3. The first-order valence-electron chi connectivity index (χ1n) is 7.06. The summed E-state index contributed by atoms with van der Waals surface area (Å²) in [5.74, 6) is 0.0505. The van der Waals surface area contributed by atoms with Crippen LogP contribution in [-0.4, -0.2) is 10.1 Å². The first-order chi connectivity index (χ1) is 9.69. The predicted molar refractivity (Wildman–Crippen MR) is 75.7 cm³/mol. The summed E-state index contributed by atoms with van der Waals surface area (Å²) in [6.07, 6.45) is 5.65. The van der Waals surface area contributed by atoms with Crippen LogP contribution in [0.15, 0.2) is 48.8 Å². The molecule has 0 aliphatic heterocycles. The molecule has 1 aromatic heterocycles. The van der Waals surface area contributed by atoms with Crippen LogP contribution < -0.4 is 0 Å². The van der Waals surface area contributed by atoms with Gasteiger partial charge in [-0.3, -0.25) is 4.98 Å². The summed E-state index contributed by atoms with van der Waals surface area (Å²) in [6, 6.07) is 11.9. The highest BCUT2D eigenvalue weighted by molar-refractivity contribution is 5.25. The molecule has 2 nitrogen and oxygen atoms in total. The van der Waals surface area contributed by atoms with Crippen LogP contribution >= 0.6 is 0 Å². The van der Waals surface area contributed by atoms with Crippen LogP contribution in [0, 0.1) is 5.82 Å². The zero-order valence-corrected chi connectivity index (χ0v) is 11.3. The quantitative estimate of drug-likeness (QED) is 0.902. The molecule has 0 amide bonds. The van der Waals surface area contributed by atoms with Gasteiger partial charge in [-0.1, -0.05) is 30.3 Å². The number of aromatic nitrogens is 1. The van der Waals surface area contributed by atoms with E-state index < -0.39 is 11.4 Å². The molecule has 0 atom stereocenters. The van der Waals surface area contributed by atoms with Crippen molar-refractivity contribution in [2.24, 2.45) is 0 Å². The van der Waals surface area contributed by atoms with Gasteiger partial charge in [-0.15, -0.1) is 0 Å². The van der Waals surface area contributed by atoms with Crippen molar-refractivity contribution in [1.29, 1.82) is 0 Å². The summed E-state index contributed by atoms with van der Waals surface area (Å²) in [6.45, 7) is 0. The fourth-order valence-electron chi connectivity index (χ4n) is 3.18. The summed E-state index contributed by atoms with van der Waals surface area (Å²) in [5, 5.41) is 10.7. The summed E-state index contributed by atoms with van der Waals surface area (Å²) in [7, 11) is 0. The Morgan fingerprint density at radius 3 is 2.45 bits per heavy atom. The van der Waals surface area contributed by atoms with Gasteiger partial charge < -0.3 is 5.11 Å². The highest BCUT2D eigenvalue weighted by Gasteiger charge is 2.37. The number of aliphatic hydroxyl groups is 1. The summed E-state index contributed by atoms with van der Waals surface area (Å²) in [4.78, 5) is 3.75. The molecule has 20 heavy (non-hydrogen) atoms. The Balaban J connectivity index is 1.77. The molecule has 1 fully saturated rings. The lowest BCUT2D eigenvalue weighted by molar-refractivity contribution is -0.00879. The van der Waals surface area contributed by atoms with E-state index >= 15 is 0 Å². The molecule has 0 unspecified atom stereocenters. The fourth-order valence-corrected chi connectivity index (χ4v) is 3.18. The maximum Gasteiger partial charge on any atom is 0.147 e. The van der Waals surface area contributed by atoms with Crippen LogP contribution in [0.3, 0.4) is 0 Å². The van der Waals surface area contributed by atoms with E-state index in [1.807, 2.05) is 18.2 Å². The molecule has 3 heteroatoms. The van der Waals surface area contributed by atoms with E-state index in [-0.39, 0.29) is 0 Å². The summed E-state index contributed by atoms with van der Waals surface area (Å²) >= 11 is 0. The van der Waals surface area contributed by atoms with Crippen molar-refractivity contribution in [3.8, 4) is 0 Å². The molecule has 1 aliphatic carbocycles. The van der Waals surface area contributed by atoms with E-state index in [0.717, 1.165) is 12.8 Å². The Morgan fingerprint density at radius 2 is 1.80 bits per heavy atom. The molecule has 1 aromatic carbocycles. The predicted octanol–water partition coefficient (Wildman–Crippen LogP) is 3.77. The van der Waals surface area contributed by atoms with Gasteiger partial charge in [-0.05, 0) is 43.2 Å². The monoisotopic (exact) mass is 271 g/mol.